The second-order valence-electron chi connectivity index (χ2n) is 7.64. The summed E-state index contributed by atoms with van der Waals surface area (Å²) in [5.41, 5.74) is 2.60. The second kappa shape index (κ2) is 10.9. The van der Waals surface area contributed by atoms with Gasteiger partial charge in [-0.2, -0.15) is 0 Å². The molecule has 0 saturated heterocycles. The number of nitrogens with zero attached hydrogens (tertiary/aromatic N) is 2. The van der Waals surface area contributed by atoms with E-state index in [-0.39, 0.29) is 29.0 Å². The van der Waals surface area contributed by atoms with E-state index in [1.165, 1.54) is 29.2 Å². The van der Waals surface area contributed by atoms with Gasteiger partial charge in [0.05, 0.1) is 11.4 Å². The number of amidine groups is 1. The molecular weight excluding hydrogens is 465 g/mol. The van der Waals surface area contributed by atoms with Crippen molar-refractivity contribution in [3.05, 3.63) is 102 Å². The molecular formula is C27H22FN3O3S. The minimum Gasteiger partial charge on any atom is -0.326 e. The maximum atomic E-state index is 13.5. The molecule has 4 rings (SSSR count). The monoisotopic (exact) mass is 487 g/mol. The molecule has 3 aromatic rings. The summed E-state index contributed by atoms with van der Waals surface area (Å²) in [6, 6.07) is 21.5. The molecule has 1 N–H and O–H groups in total. The summed E-state index contributed by atoms with van der Waals surface area (Å²) in [7, 11) is 0. The number of hydrogen-bond acceptors (Lipinski definition) is 5. The SMILES string of the molecule is CCC(=O)Nc1ccc(C(=O)CSC2=N/C(=C\c3ccccc3)C(=O)N2c2ccc(F)cc2)cc1. The molecule has 35 heavy (non-hydrogen) atoms. The molecule has 0 spiro atoms. The lowest BCUT2D eigenvalue weighted by Gasteiger charge is -2.17. The lowest BCUT2D eigenvalue weighted by molar-refractivity contribution is -0.116. The molecule has 8 heteroatoms. The standard InChI is InChI=1S/C27H22FN3O3S/c1-2-25(33)29-21-12-8-19(9-13-21)24(32)17-35-27-30-23(16-18-6-4-3-5-7-18)26(34)31(27)22-14-10-20(28)11-15-22/h3-16H,2,17H2,1H3,(H,29,33)/b23-16-. The van der Waals surface area contributed by atoms with Crippen molar-refractivity contribution in [2.24, 2.45) is 4.99 Å². The highest BCUT2D eigenvalue weighted by molar-refractivity contribution is 8.14. The molecule has 1 aliphatic heterocycles. The van der Waals surface area contributed by atoms with Crippen LogP contribution in [0.1, 0.15) is 29.3 Å². The van der Waals surface area contributed by atoms with Gasteiger partial charge in [0.25, 0.3) is 5.91 Å². The number of carbonyl (C=O) groups is 3. The van der Waals surface area contributed by atoms with E-state index in [9.17, 15) is 18.8 Å². The average Bonchev–Trinajstić information content (AvgIpc) is 3.18. The molecule has 0 saturated carbocycles. The number of amides is 2. The predicted molar refractivity (Wildman–Crippen MR) is 138 cm³/mol. The molecule has 1 aliphatic rings. The van der Waals surface area contributed by atoms with E-state index in [4.69, 9.17) is 0 Å². The van der Waals surface area contributed by atoms with Gasteiger partial charge in [0.15, 0.2) is 11.0 Å². The fraction of sp³-hybridized carbons (Fsp3) is 0.111. The van der Waals surface area contributed by atoms with Crippen molar-refractivity contribution in [1.82, 2.24) is 0 Å². The Hall–Kier alpha value is -4.04. The van der Waals surface area contributed by atoms with Crippen LogP contribution in [0.5, 0.6) is 0 Å². The van der Waals surface area contributed by atoms with E-state index in [2.05, 4.69) is 10.3 Å². The third-order valence-corrected chi connectivity index (χ3v) is 6.10. The van der Waals surface area contributed by atoms with Gasteiger partial charge in [0.2, 0.25) is 5.91 Å². The Morgan fingerprint density at radius 3 is 2.34 bits per heavy atom. The summed E-state index contributed by atoms with van der Waals surface area (Å²) in [5, 5.41) is 3.08. The number of benzene rings is 3. The van der Waals surface area contributed by atoms with Crippen LogP contribution in [-0.2, 0) is 9.59 Å². The summed E-state index contributed by atoms with van der Waals surface area (Å²) < 4.78 is 13.5. The average molecular weight is 488 g/mol. The van der Waals surface area contributed by atoms with Crippen molar-refractivity contribution in [2.45, 2.75) is 13.3 Å². The molecule has 3 aromatic carbocycles. The minimum absolute atomic E-state index is 0.0447. The van der Waals surface area contributed by atoms with Crippen LogP contribution in [0.15, 0.2) is 89.6 Å². The van der Waals surface area contributed by atoms with Gasteiger partial charge >= 0.3 is 0 Å². The number of aliphatic imine (C=N–C) groups is 1. The van der Waals surface area contributed by atoms with Gasteiger partial charge in [-0.05, 0) is 60.2 Å². The maximum absolute atomic E-state index is 13.5. The summed E-state index contributed by atoms with van der Waals surface area (Å²) in [4.78, 5) is 43.4. The van der Waals surface area contributed by atoms with E-state index in [0.717, 1.165) is 17.3 Å². The summed E-state index contributed by atoms with van der Waals surface area (Å²) in [5.74, 6) is -0.989. The van der Waals surface area contributed by atoms with Crippen molar-refractivity contribution in [3.8, 4) is 0 Å². The number of carbonyl (C=O) groups excluding carboxylic acids is 3. The zero-order valence-corrected chi connectivity index (χ0v) is 19.7. The molecule has 1 heterocycles. The van der Waals surface area contributed by atoms with Crippen LogP contribution >= 0.6 is 11.8 Å². The predicted octanol–water partition coefficient (Wildman–Crippen LogP) is 5.53. The topological polar surface area (TPSA) is 78.8 Å². The quantitative estimate of drug-likeness (QED) is 0.351. The normalized spacial score (nSPS) is 14.2. The Bertz CT molecular complexity index is 1300. The fourth-order valence-corrected chi connectivity index (χ4v) is 4.23. The van der Waals surface area contributed by atoms with E-state index in [0.29, 0.717) is 28.5 Å². The lowest BCUT2D eigenvalue weighted by Crippen LogP contribution is -2.30. The molecule has 176 valence electrons. The summed E-state index contributed by atoms with van der Waals surface area (Å²) >= 11 is 1.13. The first-order valence-corrected chi connectivity index (χ1v) is 11.9. The zero-order valence-electron chi connectivity index (χ0n) is 18.9. The summed E-state index contributed by atoms with van der Waals surface area (Å²) in [6.07, 6.45) is 2.04. The molecule has 0 bridgehead atoms. The Morgan fingerprint density at radius 1 is 1.00 bits per heavy atom. The van der Waals surface area contributed by atoms with Crippen molar-refractivity contribution < 1.29 is 18.8 Å². The zero-order chi connectivity index (χ0) is 24.8. The van der Waals surface area contributed by atoms with E-state index < -0.39 is 5.82 Å². The number of ketones is 1. The van der Waals surface area contributed by atoms with Crippen LogP contribution in [0.2, 0.25) is 0 Å². The lowest BCUT2D eigenvalue weighted by atomic mass is 10.1. The van der Waals surface area contributed by atoms with Crippen molar-refractivity contribution in [1.29, 1.82) is 0 Å². The van der Waals surface area contributed by atoms with Gasteiger partial charge in [0.1, 0.15) is 11.5 Å². The van der Waals surface area contributed by atoms with E-state index in [1.807, 2.05) is 30.3 Å². The fourth-order valence-electron chi connectivity index (χ4n) is 3.32. The van der Waals surface area contributed by atoms with Crippen LogP contribution in [0, 0.1) is 5.82 Å². The Balaban J connectivity index is 1.54. The number of thioether (sulfide) groups is 1. The maximum Gasteiger partial charge on any atom is 0.283 e. The Kier molecular flexibility index (Phi) is 7.52. The second-order valence-corrected chi connectivity index (χ2v) is 8.59. The molecule has 0 fully saturated rings. The third kappa shape index (κ3) is 5.91. The number of Topliss-reactive ketones (excluding diaryl/α,β-unsaturated/α-hetero) is 1. The molecule has 6 nitrogen and oxygen atoms in total. The van der Waals surface area contributed by atoms with Gasteiger partial charge in [-0.1, -0.05) is 49.0 Å². The molecule has 0 unspecified atom stereocenters. The number of nitrogens with one attached hydrogen (secondary N) is 1. The van der Waals surface area contributed by atoms with Gasteiger partial charge in [0, 0.05) is 17.7 Å². The smallest absolute Gasteiger partial charge is 0.283 e. The van der Waals surface area contributed by atoms with Gasteiger partial charge < -0.3 is 5.32 Å². The largest absolute Gasteiger partial charge is 0.326 e. The number of halogens is 1. The minimum atomic E-state index is -0.416. The highest BCUT2D eigenvalue weighted by Gasteiger charge is 2.32. The first-order chi connectivity index (χ1) is 16.9. The third-order valence-electron chi connectivity index (χ3n) is 5.16. The number of anilines is 2. The van der Waals surface area contributed by atoms with Gasteiger partial charge in [-0.25, -0.2) is 9.38 Å². The number of hydrogen-bond donors (Lipinski definition) is 1. The van der Waals surface area contributed by atoms with Crippen molar-refractivity contribution in [3.63, 3.8) is 0 Å². The highest BCUT2D eigenvalue weighted by Crippen LogP contribution is 2.30. The van der Waals surface area contributed by atoms with Crippen molar-refractivity contribution >= 4 is 52.0 Å². The Labute approximate surface area is 206 Å². The summed E-state index contributed by atoms with van der Waals surface area (Å²) in [6.45, 7) is 1.76. The van der Waals surface area contributed by atoms with Crippen LogP contribution in [0.4, 0.5) is 15.8 Å². The van der Waals surface area contributed by atoms with Crippen LogP contribution in [-0.4, -0.2) is 28.5 Å². The first-order valence-electron chi connectivity index (χ1n) is 11.0. The van der Waals surface area contributed by atoms with E-state index >= 15 is 0 Å². The molecule has 0 aromatic heterocycles. The van der Waals surface area contributed by atoms with Crippen molar-refractivity contribution in [2.75, 3.05) is 16.0 Å². The van der Waals surface area contributed by atoms with Gasteiger partial charge in [-0.15, -0.1) is 0 Å². The molecule has 0 atom stereocenters. The van der Waals surface area contributed by atoms with Gasteiger partial charge in [-0.3, -0.25) is 19.3 Å². The van der Waals surface area contributed by atoms with Crippen LogP contribution in [0.25, 0.3) is 6.08 Å². The van der Waals surface area contributed by atoms with Crippen LogP contribution < -0.4 is 10.2 Å². The van der Waals surface area contributed by atoms with E-state index in [1.54, 1.807) is 37.3 Å². The van der Waals surface area contributed by atoms with Crippen LogP contribution in [0.3, 0.4) is 0 Å². The first kappa shape index (κ1) is 24.1. The molecule has 0 radical (unpaired) electrons. The highest BCUT2D eigenvalue weighted by atomic mass is 32.2. The molecule has 2 amide bonds. The number of rotatable bonds is 7. The molecule has 0 aliphatic carbocycles. The Morgan fingerprint density at radius 2 is 1.69 bits per heavy atom.